The van der Waals surface area contributed by atoms with Gasteiger partial charge in [-0.25, -0.2) is 0 Å². The largest absolute Gasteiger partial charge is 0.311 e. The van der Waals surface area contributed by atoms with Crippen LogP contribution in [0.25, 0.3) is 0 Å². The predicted molar refractivity (Wildman–Crippen MR) is 75.3 cm³/mol. The van der Waals surface area contributed by atoms with E-state index in [-0.39, 0.29) is 5.54 Å². The highest BCUT2D eigenvalue weighted by atomic mass is 32.2. The van der Waals surface area contributed by atoms with Gasteiger partial charge in [0.05, 0.1) is 0 Å². The van der Waals surface area contributed by atoms with Crippen molar-refractivity contribution >= 4 is 11.8 Å². The van der Waals surface area contributed by atoms with E-state index in [9.17, 15) is 0 Å². The van der Waals surface area contributed by atoms with E-state index in [1.54, 1.807) is 0 Å². The Balaban J connectivity index is 2.38. The van der Waals surface area contributed by atoms with Crippen LogP contribution in [0, 0.1) is 0 Å². The second kappa shape index (κ2) is 5.74. The van der Waals surface area contributed by atoms with Gasteiger partial charge in [0.2, 0.25) is 0 Å². The maximum absolute atomic E-state index is 3.60. The summed E-state index contributed by atoms with van der Waals surface area (Å²) in [6.45, 7) is 17.3. The Morgan fingerprint density at radius 3 is 2.19 bits per heavy atom. The molecule has 0 amide bonds. The first-order valence-electron chi connectivity index (χ1n) is 6.42. The molecule has 1 heterocycles. The van der Waals surface area contributed by atoms with Gasteiger partial charge >= 0.3 is 0 Å². The molecule has 0 spiro atoms. The molecule has 1 saturated heterocycles. The molecule has 0 aromatic carbocycles. The van der Waals surface area contributed by atoms with Crippen molar-refractivity contribution in [2.75, 3.05) is 19.6 Å². The van der Waals surface area contributed by atoms with Gasteiger partial charge in [0.1, 0.15) is 0 Å². The Hall–Kier alpha value is 0.270. The first kappa shape index (κ1) is 14.3. The van der Waals surface area contributed by atoms with Crippen LogP contribution in [0.3, 0.4) is 0 Å². The third-order valence-electron chi connectivity index (χ3n) is 3.00. The fourth-order valence-electron chi connectivity index (χ4n) is 2.16. The Bertz CT molecular complexity index is 202. The molecule has 16 heavy (non-hydrogen) atoms. The Labute approximate surface area is 106 Å². The quantitative estimate of drug-likeness (QED) is 0.821. The van der Waals surface area contributed by atoms with Crippen molar-refractivity contribution in [3.8, 4) is 0 Å². The topological polar surface area (TPSA) is 15.3 Å². The summed E-state index contributed by atoms with van der Waals surface area (Å²) in [7, 11) is 0. The molecule has 1 aliphatic rings. The second-order valence-corrected chi connectivity index (χ2v) is 8.07. The van der Waals surface area contributed by atoms with Gasteiger partial charge in [0.25, 0.3) is 0 Å². The molecular weight excluding hydrogens is 216 g/mol. The van der Waals surface area contributed by atoms with Gasteiger partial charge in [-0.3, -0.25) is 4.90 Å². The molecular formula is C13H28N2S. The van der Waals surface area contributed by atoms with E-state index >= 15 is 0 Å². The summed E-state index contributed by atoms with van der Waals surface area (Å²) < 4.78 is 0. The van der Waals surface area contributed by atoms with Crippen LogP contribution in [0.2, 0.25) is 0 Å². The van der Waals surface area contributed by atoms with Crippen molar-refractivity contribution in [3.63, 3.8) is 0 Å². The zero-order chi connectivity index (χ0) is 12.3. The minimum atomic E-state index is 0.232. The van der Waals surface area contributed by atoms with Crippen LogP contribution in [0.15, 0.2) is 0 Å². The van der Waals surface area contributed by atoms with Gasteiger partial charge in [0, 0.05) is 41.7 Å². The molecule has 2 nitrogen and oxygen atoms in total. The minimum absolute atomic E-state index is 0.232. The number of hydrogen-bond donors (Lipinski definition) is 1. The average Bonchev–Trinajstić information content (AvgIpc) is 2.11. The Morgan fingerprint density at radius 2 is 1.75 bits per heavy atom. The standard InChI is InChI=1S/C13H28N2S/c1-10(7-14-13(4,5)6)15-8-11(2)16-12(3)9-15/h10-12,14H,7-9H2,1-6H3. The molecule has 1 rings (SSSR count). The van der Waals surface area contributed by atoms with E-state index in [2.05, 4.69) is 63.5 Å². The Kier molecular flexibility index (Phi) is 5.14. The van der Waals surface area contributed by atoms with Crippen molar-refractivity contribution in [2.24, 2.45) is 0 Å². The highest BCUT2D eigenvalue weighted by Crippen LogP contribution is 2.25. The van der Waals surface area contributed by atoms with Crippen LogP contribution >= 0.6 is 11.8 Å². The van der Waals surface area contributed by atoms with Crippen LogP contribution in [-0.4, -0.2) is 46.6 Å². The fraction of sp³-hybridized carbons (Fsp3) is 1.00. The van der Waals surface area contributed by atoms with Gasteiger partial charge in [0.15, 0.2) is 0 Å². The molecule has 0 aromatic rings. The first-order chi connectivity index (χ1) is 7.28. The van der Waals surface area contributed by atoms with E-state index in [0.717, 1.165) is 17.0 Å². The maximum atomic E-state index is 3.60. The third kappa shape index (κ3) is 5.07. The monoisotopic (exact) mass is 244 g/mol. The summed E-state index contributed by atoms with van der Waals surface area (Å²) in [6.07, 6.45) is 0. The lowest BCUT2D eigenvalue weighted by atomic mass is 10.1. The molecule has 3 unspecified atom stereocenters. The van der Waals surface area contributed by atoms with Crippen molar-refractivity contribution in [3.05, 3.63) is 0 Å². The van der Waals surface area contributed by atoms with E-state index in [1.165, 1.54) is 13.1 Å². The smallest absolute Gasteiger partial charge is 0.0193 e. The van der Waals surface area contributed by atoms with Crippen LogP contribution < -0.4 is 5.32 Å². The first-order valence-corrected chi connectivity index (χ1v) is 7.37. The molecule has 3 atom stereocenters. The van der Waals surface area contributed by atoms with Crippen molar-refractivity contribution < 1.29 is 0 Å². The lowest BCUT2D eigenvalue weighted by molar-refractivity contribution is 0.192. The van der Waals surface area contributed by atoms with E-state index < -0.39 is 0 Å². The van der Waals surface area contributed by atoms with Gasteiger partial charge in [-0.05, 0) is 27.7 Å². The Morgan fingerprint density at radius 1 is 1.25 bits per heavy atom. The van der Waals surface area contributed by atoms with Crippen molar-refractivity contribution in [1.29, 1.82) is 0 Å². The van der Waals surface area contributed by atoms with Crippen molar-refractivity contribution in [1.82, 2.24) is 10.2 Å². The molecule has 1 fully saturated rings. The molecule has 1 N–H and O–H groups in total. The number of thioether (sulfide) groups is 1. The summed E-state index contributed by atoms with van der Waals surface area (Å²) in [5.74, 6) is 0. The molecule has 0 radical (unpaired) electrons. The molecule has 96 valence electrons. The van der Waals surface area contributed by atoms with Crippen LogP contribution in [0.5, 0.6) is 0 Å². The summed E-state index contributed by atoms with van der Waals surface area (Å²) in [6, 6.07) is 0.644. The summed E-state index contributed by atoms with van der Waals surface area (Å²) in [5.41, 5.74) is 0.232. The van der Waals surface area contributed by atoms with Gasteiger partial charge in [-0.15, -0.1) is 0 Å². The van der Waals surface area contributed by atoms with Crippen LogP contribution in [0.1, 0.15) is 41.5 Å². The van der Waals surface area contributed by atoms with E-state index in [4.69, 9.17) is 0 Å². The molecule has 0 bridgehead atoms. The van der Waals surface area contributed by atoms with Gasteiger partial charge < -0.3 is 5.32 Å². The van der Waals surface area contributed by atoms with Crippen LogP contribution in [-0.2, 0) is 0 Å². The highest BCUT2D eigenvalue weighted by molar-refractivity contribution is 8.00. The fourth-order valence-corrected chi connectivity index (χ4v) is 3.51. The number of rotatable bonds is 3. The van der Waals surface area contributed by atoms with Gasteiger partial charge in [-0.2, -0.15) is 11.8 Å². The maximum Gasteiger partial charge on any atom is 0.0193 e. The van der Waals surface area contributed by atoms with Gasteiger partial charge in [-0.1, -0.05) is 13.8 Å². The molecule has 0 saturated carbocycles. The third-order valence-corrected chi connectivity index (χ3v) is 4.23. The zero-order valence-electron chi connectivity index (χ0n) is 11.7. The van der Waals surface area contributed by atoms with E-state index in [1.807, 2.05) is 0 Å². The number of hydrogen-bond acceptors (Lipinski definition) is 3. The predicted octanol–water partition coefficient (Wildman–Crippen LogP) is 2.59. The minimum Gasteiger partial charge on any atom is -0.311 e. The average molecular weight is 244 g/mol. The lowest BCUT2D eigenvalue weighted by Gasteiger charge is -2.39. The summed E-state index contributed by atoms with van der Waals surface area (Å²) in [5, 5.41) is 5.16. The normalized spacial score (nSPS) is 30.4. The summed E-state index contributed by atoms with van der Waals surface area (Å²) >= 11 is 2.12. The molecule has 1 aliphatic heterocycles. The number of nitrogens with one attached hydrogen (secondary N) is 1. The SMILES string of the molecule is CC1CN(C(C)CNC(C)(C)C)CC(C)S1. The lowest BCUT2D eigenvalue weighted by Crippen LogP contribution is -2.51. The number of nitrogens with zero attached hydrogens (tertiary/aromatic N) is 1. The van der Waals surface area contributed by atoms with Crippen molar-refractivity contribution in [2.45, 2.75) is 63.6 Å². The molecule has 0 aromatic heterocycles. The zero-order valence-corrected chi connectivity index (χ0v) is 12.5. The summed E-state index contributed by atoms with van der Waals surface area (Å²) in [4.78, 5) is 2.63. The molecule has 3 heteroatoms. The van der Waals surface area contributed by atoms with E-state index in [0.29, 0.717) is 6.04 Å². The van der Waals surface area contributed by atoms with Crippen LogP contribution in [0.4, 0.5) is 0 Å². The second-order valence-electron chi connectivity index (χ2n) is 6.19. The molecule has 0 aliphatic carbocycles. The highest BCUT2D eigenvalue weighted by Gasteiger charge is 2.26.